The number of nitrogens with zero attached hydrogens (tertiary/aromatic N) is 1. The highest BCUT2D eigenvalue weighted by Crippen LogP contribution is 2.19. The third-order valence-electron chi connectivity index (χ3n) is 3.63. The van der Waals surface area contributed by atoms with Gasteiger partial charge in [0.15, 0.2) is 0 Å². The van der Waals surface area contributed by atoms with Crippen LogP contribution in [0.2, 0.25) is 0 Å². The maximum atomic E-state index is 13.6. The third kappa shape index (κ3) is 3.80. The van der Waals surface area contributed by atoms with Crippen molar-refractivity contribution in [3.05, 3.63) is 59.9 Å². The van der Waals surface area contributed by atoms with Gasteiger partial charge in [0.25, 0.3) is 5.91 Å². The van der Waals surface area contributed by atoms with Crippen LogP contribution < -0.4 is 5.32 Å². The van der Waals surface area contributed by atoms with E-state index in [0.717, 1.165) is 0 Å². The third-order valence-corrected chi connectivity index (χ3v) is 5.68. The number of sulfonamides is 1. The van der Waals surface area contributed by atoms with E-state index in [2.05, 4.69) is 5.32 Å². The fraction of sp³-hybridized carbons (Fsp3) is 0.235. The SMILES string of the molecule is CC(C)N(C)S(=O)(=O)c1ccc(NC(=O)c2ccccc2F)cc1. The van der Waals surface area contributed by atoms with Crippen LogP contribution in [0.1, 0.15) is 24.2 Å². The Labute approximate surface area is 141 Å². The average molecular weight is 350 g/mol. The molecule has 7 heteroatoms. The summed E-state index contributed by atoms with van der Waals surface area (Å²) in [7, 11) is -2.07. The molecule has 0 aliphatic rings. The molecule has 128 valence electrons. The summed E-state index contributed by atoms with van der Waals surface area (Å²) in [5, 5.41) is 2.54. The van der Waals surface area contributed by atoms with Gasteiger partial charge in [0, 0.05) is 18.8 Å². The molecule has 0 atom stereocenters. The monoisotopic (exact) mass is 350 g/mol. The zero-order valence-electron chi connectivity index (χ0n) is 13.7. The van der Waals surface area contributed by atoms with E-state index in [9.17, 15) is 17.6 Å². The molecule has 0 radical (unpaired) electrons. The van der Waals surface area contributed by atoms with Crippen LogP contribution in [0.3, 0.4) is 0 Å². The van der Waals surface area contributed by atoms with Gasteiger partial charge >= 0.3 is 0 Å². The van der Waals surface area contributed by atoms with Crippen molar-refractivity contribution in [2.24, 2.45) is 0 Å². The fourth-order valence-electron chi connectivity index (χ4n) is 2.00. The number of rotatable bonds is 5. The van der Waals surface area contributed by atoms with Crippen LogP contribution >= 0.6 is 0 Å². The van der Waals surface area contributed by atoms with Gasteiger partial charge in [0.05, 0.1) is 10.5 Å². The molecule has 2 aromatic rings. The van der Waals surface area contributed by atoms with Crippen molar-refractivity contribution in [2.75, 3.05) is 12.4 Å². The minimum atomic E-state index is -3.58. The number of nitrogens with one attached hydrogen (secondary N) is 1. The molecular formula is C17H19FN2O3S. The first-order valence-corrected chi connectivity index (χ1v) is 8.81. The molecule has 0 saturated heterocycles. The number of carbonyl (C=O) groups excluding carboxylic acids is 1. The topological polar surface area (TPSA) is 66.5 Å². The van der Waals surface area contributed by atoms with E-state index < -0.39 is 21.7 Å². The maximum Gasteiger partial charge on any atom is 0.258 e. The second-order valence-corrected chi connectivity index (χ2v) is 7.57. The largest absolute Gasteiger partial charge is 0.322 e. The standard InChI is InChI=1S/C17H19FN2O3S/c1-12(2)20(3)24(22,23)14-10-8-13(9-11-14)19-17(21)15-6-4-5-7-16(15)18/h4-12H,1-3H3,(H,19,21). The molecule has 5 nitrogen and oxygen atoms in total. The van der Waals surface area contributed by atoms with Gasteiger partial charge in [-0.05, 0) is 50.2 Å². The van der Waals surface area contributed by atoms with Gasteiger partial charge in [0.2, 0.25) is 10.0 Å². The summed E-state index contributed by atoms with van der Waals surface area (Å²) in [5.74, 6) is -1.21. The molecule has 0 aliphatic carbocycles. The molecule has 0 unspecified atom stereocenters. The van der Waals surface area contributed by atoms with E-state index in [0.29, 0.717) is 5.69 Å². The first-order valence-electron chi connectivity index (χ1n) is 7.37. The van der Waals surface area contributed by atoms with Crippen molar-refractivity contribution in [3.8, 4) is 0 Å². The predicted molar refractivity (Wildman–Crippen MR) is 90.9 cm³/mol. The molecular weight excluding hydrogens is 331 g/mol. The molecule has 1 amide bonds. The van der Waals surface area contributed by atoms with Crippen LogP contribution in [0.5, 0.6) is 0 Å². The minimum absolute atomic E-state index is 0.0752. The lowest BCUT2D eigenvalue weighted by molar-refractivity contribution is 0.102. The normalized spacial score (nSPS) is 11.8. The number of carbonyl (C=O) groups is 1. The second-order valence-electron chi connectivity index (χ2n) is 5.57. The molecule has 0 heterocycles. The summed E-state index contributed by atoms with van der Waals surface area (Å²) in [4.78, 5) is 12.2. The fourth-order valence-corrected chi connectivity index (χ4v) is 3.37. The Morgan fingerprint density at radius 2 is 1.67 bits per heavy atom. The van der Waals surface area contributed by atoms with Crippen LogP contribution in [0.15, 0.2) is 53.4 Å². The maximum absolute atomic E-state index is 13.6. The van der Waals surface area contributed by atoms with Crippen LogP contribution in [0, 0.1) is 5.82 Å². The molecule has 0 saturated carbocycles. The number of halogens is 1. The Morgan fingerprint density at radius 3 is 2.21 bits per heavy atom. The summed E-state index contributed by atoms with van der Waals surface area (Å²) in [6, 6.07) is 11.2. The first-order chi connectivity index (χ1) is 11.2. The van der Waals surface area contributed by atoms with Crippen molar-refractivity contribution in [1.29, 1.82) is 0 Å². The van der Waals surface area contributed by atoms with Crippen molar-refractivity contribution >= 4 is 21.6 Å². The number of hydrogen-bond acceptors (Lipinski definition) is 3. The summed E-state index contributed by atoms with van der Waals surface area (Å²) in [6.07, 6.45) is 0. The van der Waals surface area contributed by atoms with Crippen LogP contribution in [-0.2, 0) is 10.0 Å². The van der Waals surface area contributed by atoms with Crippen LogP contribution in [0.4, 0.5) is 10.1 Å². The smallest absolute Gasteiger partial charge is 0.258 e. The quantitative estimate of drug-likeness (QED) is 0.901. The average Bonchev–Trinajstić information content (AvgIpc) is 2.54. The van der Waals surface area contributed by atoms with Gasteiger partial charge in [-0.2, -0.15) is 4.31 Å². The van der Waals surface area contributed by atoms with Crippen molar-refractivity contribution < 1.29 is 17.6 Å². The second kappa shape index (κ2) is 7.11. The molecule has 2 rings (SSSR count). The number of hydrogen-bond donors (Lipinski definition) is 1. The first kappa shape index (κ1) is 18.1. The lowest BCUT2D eigenvalue weighted by atomic mass is 10.2. The summed E-state index contributed by atoms with van der Waals surface area (Å²) < 4.78 is 39.6. The molecule has 0 spiro atoms. The lowest BCUT2D eigenvalue weighted by Gasteiger charge is -2.21. The van der Waals surface area contributed by atoms with E-state index in [-0.39, 0.29) is 16.5 Å². The Bertz CT molecular complexity index is 833. The lowest BCUT2D eigenvalue weighted by Crippen LogP contribution is -2.33. The molecule has 1 N–H and O–H groups in total. The summed E-state index contributed by atoms with van der Waals surface area (Å²) in [5.41, 5.74) is 0.308. The highest BCUT2D eigenvalue weighted by Gasteiger charge is 2.23. The van der Waals surface area contributed by atoms with Crippen LogP contribution in [-0.4, -0.2) is 31.7 Å². The highest BCUT2D eigenvalue weighted by atomic mass is 32.2. The minimum Gasteiger partial charge on any atom is -0.322 e. The van der Waals surface area contributed by atoms with Gasteiger partial charge in [0.1, 0.15) is 5.82 Å². The zero-order chi connectivity index (χ0) is 17.9. The van der Waals surface area contributed by atoms with Crippen molar-refractivity contribution in [2.45, 2.75) is 24.8 Å². The predicted octanol–water partition coefficient (Wildman–Crippen LogP) is 3.11. The van der Waals surface area contributed by atoms with E-state index in [4.69, 9.17) is 0 Å². The Morgan fingerprint density at radius 1 is 1.08 bits per heavy atom. The zero-order valence-corrected chi connectivity index (χ0v) is 14.5. The molecule has 0 fully saturated rings. The van der Waals surface area contributed by atoms with Gasteiger partial charge in [-0.25, -0.2) is 12.8 Å². The Balaban J connectivity index is 2.19. The Hall–Kier alpha value is -2.25. The van der Waals surface area contributed by atoms with E-state index >= 15 is 0 Å². The van der Waals surface area contributed by atoms with Gasteiger partial charge in [-0.15, -0.1) is 0 Å². The van der Waals surface area contributed by atoms with Crippen molar-refractivity contribution in [1.82, 2.24) is 4.31 Å². The molecule has 2 aromatic carbocycles. The van der Waals surface area contributed by atoms with Gasteiger partial charge < -0.3 is 5.32 Å². The van der Waals surface area contributed by atoms with Crippen LogP contribution in [0.25, 0.3) is 0 Å². The number of amides is 1. The molecule has 0 aliphatic heterocycles. The van der Waals surface area contributed by atoms with E-state index in [1.807, 2.05) is 0 Å². The van der Waals surface area contributed by atoms with E-state index in [1.165, 1.54) is 53.8 Å². The van der Waals surface area contributed by atoms with Gasteiger partial charge in [-0.3, -0.25) is 4.79 Å². The summed E-state index contributed by atoms with van der Waals surface area (Å²) in [6.45, 7) is 3.56. The van der Waals surface area contributed by atoms with Gasteiger partial charge in [-0.1, -0.05) is 12.1 Å². The summed E-state index contributed by atoms with van der Waals surface area (Å²) >= 11 is 0. The molecule has 0 aromatic heterocycles. The molecule has 24 heavy (non-hydrogen) atoms. The van der Waals surface area contributed by atoms with Crippen molar-refractivity contribution in [3.63, 3.8) is 0 Å². The molecule has 0 bridgehead atoms. The number of benzene rings is 2. The Kier molecular flexibility index (Phi) is 5.36. The highest BCUT2D eigenvalue weighted by molar-refractivity contribution is 7.89. The van der Waals surface area contributed by atoms with E-state index in [1.54, 1.807) is 19.9 Å². The number of anilines is 1.